The number of hydrogen-bond acceptors (Lipinski definition) is 2. The van der Waals surface area contributed by atoms with Crippen molar-refractivity contribution < 1.29 is 31.3 Å². The summed E-state index contributed by atoms with van der Waals surface area (Å²) in [4.78, 5) is 16.8. The van der Waals surface area contributed by atoms with Crippen molar-refractivity contribution in [2.45, 2.75) is 6.92 Å². The van der Waals surface area contributed by atoms with Gasteiger partial charge in [0.05, 0.1) is 5.56 Å². The van der Waals surface area contributed by atoms with Crippen LogP contribution < -0.4 is 26.5 Å². The van der Waals surface area contributed by atoms with Crippen LogP contribution in [-0.4, -0.2) is 5.97 Å². The van der Waals surface area contributed by atoms with Crippen LogP contribution in [0.25, 0.3) is 0 Å². The van der Waals surface area contributed by atoms with Gasteiger partial charge in [-0.1, -0.05) is 18.2 Å². The number of aryl methyl sites for hydroxylation is 1. The summed E-state index contributed by atoms with van der Waals surface area (Å²) in [6.07, 6.45) is 3.41. The van der Waals surface area contributed by atoms with Gasteiger partial charge in [0.25, 0.3) is 0 Å². The molecule has 0 saturated heterocycles. The quantitative estimate of drug-likeness (QED) is 0.635. The van der Waals surface area contributed by atoms with Gasteiger partial charge in [-0.3, -0.25) is 0 Å². The van der Waals surface area contributed by atoms with E-state index < -0.39 is 0 Å². The van der Waals surface area contributed by atoms with Crippen molar-refractivity contribution in [1.29, 1.82) is 0 Å². The molecule has 0 N–H and O–H groups in total. The molecule has 0 radical (unpaired) electrons. The minimum absolute atomic E-state index is 0. The molecule has 0 bridgehead atoms. The molecule has 0 aliphatic rings. The Kier molecular flexibility index (Phi) is 4.84. The zero-order valence-corrected chi connectivity index (χ0v) is 10.9. The summed E-state index contributed by atoms with van der Waals surface area (Å²) < 4.78 is 1.39. The number of hydrogen-bond donors (Lipinski definition) is 0. The Labute approximate surface area is 110 Å². The second-order valence-corrected chi connectivity index (χ2v) is 3.48. The molecule has 1 heterocycles. The maximum atomic E-state index is 11.7. The van der Waals surface area contributed by atoms with Gasteiger partial charge in [0, 0.05) is 16.9 Å². The zero-order chi connectivity index (χ0) is 11.4. The van der Waals surface area contributed by atoms with Crippen LogP contribution in [0.15, 0.2) is 54.9 Å². The standard InChI is InChI=1S/C13H12NO2.BrH/c1-11-7-9-14(10-8-11)16-13(15)12-5-3-2-4-6-12;/h2-10H,1H3;1H/q+1;/p-1. The molecule has 0 aliphatic carbocycles. The lowest BCUT2D eigenvalue weighted by Crippen LogP contribution is -3.00. The zero-order valence-electron chi connectivity index (χ0n) is 9.34. The van der Waals surface area contributed by atoms with E-state index in [0.717, 1.165) is 5.56 Å². The van der Waals surface area contributed by atoms with Gasteiger partial charge >= 0.3 is 5.97 Å². The topological polar surface area (TPSA) is 30.2 Å². The first kappa shape index (κ1) is 13.4. The van der Waals surface area contributed by atoms with Gasteiger partial charge < -0.3 is 17.0 Å². The van der Waals surface area contributed by atoms with Gasteiger partial charge in [-0.05, 0) is 24.6 Å². The highest BCUT2D eigenvalue weighted by atomic mass is 79.9. The predicted octanol–water partition coefficient (Wildman–Crippen LogP) is -1.44. The van der Waals surface area contributed by atoms with Crippen molar-refractivity contribution in [3.63, 3.8) is 0 Å². The van der Waals surface area contributed by atoms with Gasteiger partial charge in [0.2, 0.25) is 12.4 Å². The molecule has 0 amide bonds. The molecular weight excluding hydrogens is 282 g/mol. The molecule has 88 valence electrons. The normalized spacial score (nSPS) is 9.24. The Bertz CT molecular complexity index is 483. The molecule has 1 aromatic carbocycles. The highest BCUT2D eigenvalue weighted by Crippen LogP contribution is 1.98. The molecule has 0 fully saturated rings. The molecule has 17 heavy (non-hydrogen) atoms. The average Bonchev–Trinajstić information content (AvgIpc) is 2.33. The number of halogens is 1. The van der Waals surface area contributed by atoms with Crippen LogP contribution in [0.4, 0.5) is 0 Å². The van der Waals surface area contributed by atoms with E-state index in [9.17, 15) is 4.79 Å². The molecule has 4 heteroatoms. The molecule has 3 nitrogen and oxygen atoms in total. The maximum Gasteiger partial charge on any atom is 0.411 e. The molecule has 1 aromatic heterocycles. The van der Waals surface area contributed by atoms with E-state index in [4.69, 9.17) is 4.84 Å². The second-order valence-electron chi connectivity index (χ2n) is 3.48. The van der Waals surface area contributed by atoms with Crippen LogP contribution in [0.3, 0.4) is 0 Å². The van der Waals surface area contributed by atoms with Crippen LogP contribution in [0, 0.1) is 6.92 Å². The molecule has 0 atom stereocenters. The maximum absolute atomic E-state index is 11.7. The molecule has 0 aliphatic heterocycles. The second kappa shape index (κ2) is 6.15. The van der Waals surface area contributed by atoms with Crippen LogP contribution >= 0.6 is 0 Å². The van der Waals surface area contributed by atoms with E-state index in [-0.39, 0.29) is 23.0 Å². The van der Waals surface area contributed by atoms with E-state index in [1.807, 2.05) is 25.1 Å². The van der Waals surface area contributed by atoms with Crippen molar-refractivity contribution in [2.75, 3.05) is 0 Å². The Hall–Kier alpha value is -1.68. The Morgan fingerprint density at radius 2 is 1.65 bits per heavy atom. The van der Waals surface area contributed by atoms with Gasteiger partial charge in [-0.25, -0.2) is 4.79 Å². The predicted molar refractivity (Wildman–Crippen MR) is 58.7 cm³/mol. The number of benzene rings is 1. The highest BCUT2D eigenvalue weighted by molar-refractivity contribution is 5.88. The van der Waals surface area contributed by atoms with Gasteiger partial charge in [-0.2, -0.15) is 4.84 Å². The number of carbonyl (C=O) groups is 1. The number of nitrogens with zero attached hydrogens (tertiary/aromatic N) is 1. The van der Waals surface area contributed by atoms with Gasteiger partial charge in [0.1, 0.15) is 0 Å². The molecule has 2 aromatic rings. The van der Waals surface area contributed by atoms with Crippen molar-refractivity contribution in [3.8, 4) is 0 Å². The Morgan fingerprint density at radius 3 is 2.24 bits per heavy atom. The summed E-state index contributed by atoms with van der Waals surface area (Å²) in [6.45, 7) is 1.98. The lowest BCUT2D eigenvalue weighted by Gasteiger charge is -1.96. The van der Waals surface area contributed by atoms with Crippen molar-refractivity contribution in [3.05, 3.63) is 66.0 Å². The first-order valence-electron chi connectivity index (χ1n) is 5.01. The summed E-state index contributed by atoms with van der Waals surface area (Å²) in [7, 11) is 0. The Morgan fingerprint density at radius 1 is 1.06 bits per heavy atom. The van der Waals surface area contributed by atoms with E-state index in [1.165, 1.54) is 4.73 Å². The van der Waals surface area contributed by atoms with E-state index >= 15 is 0 Å². The minimum atomic E-state index is -0.366. The molecule has 0 spiro atoms. The van der Waals surface area contributed by atoms with Gasteiger partial charge in [-0.15, -0.1) is 0 Å². The van der Waals surface area contributed by atoms with Crippen molar-refractivity contribution in [1.82, 2.24) is 0 Å². The number of pyridine rings is 1. The lowest BCUT2D eigenvalue weighted by atomic mass is 10.2. The number of aromatic nitrogens is 1. The van der Waals surface area contributed by atoms with E-state index in [0.29, 0.717) is 5.56 Å². The SMILES string of the molecule is Cc1cc[n+](OC(=O)c2ccccc2)cc1.[Br-]. The largest absolute Gasteiger partial charge is 1.00 e. The fourth-order valence-electron chi connectivity index (χ4n) is 1.27. The number of carbonyl (C=O) groups excluding carboxylic acids is 1. The van der Waals surface area contributed by atoms with Crippen LogP contribution in [0.5, 0.6) is 0 Å². The summed E-state index contributed by atoms with van der Waals surface area (Å²) in [6, 6.07) is 12.6. The van der Waals surface area contributed by atoms with E-state index in [2.05, 4.69) is 0 Å². The van der Waals surface area contributed by atoms with Crippen molar-refractivity contribution >= 4 is 5.97 Å². The molecule has 2 rings (SSSR count). The Balaban J connectivity index is 0.00000144. The lowest BCUT2D eigenvalue weighted by molar-refractivity contribution is -0.868. The monoisotopic (exact) mass is 293 g/mol. The fraction of sp³-hybridized carbons (Fsp3) is 0.0769. The van der Waals surface area contributed by atoms with Gasteiger partial charge in [0.15, 0.2) is 0 Å². The molecule has 0 unspecified atom stereocenters. The fourth-order valence-corrected chi connectivity index (χ4v) is 1.27. The van der Waals surface area contributed by atoms with Crippen molar-refractivity contribution in [2.24, 2.45) is 0 Å². The van der Waals surface area contributed by atoms with Crippen LogP contribution in [-0.2, 0) is 0 Å². The minimum Gasteiger partial charge on any atom is -1.00 e. The number of rotatable bonds is 2. The average molecular weight is 294 g/mol. The summed E-state index contributed by atoms with van der Waals surface area (Å²) in [5.41, 5.74) is 1.66. The van der Waals surface area contributed by atoms with E-state index in [1.54, 1.807) is 36.7 Å². The first-order chi connectivity index (χ1) is 7.75. The first-order valence-corrected chi connectivity index (χ1v) is 5.01. The van der Waals surface area contributed by atoms with Crippen LogP contribution in [0.1, 0.15) is 15.9 Å². The van der Waals surface area contributed by atoms with Crippen LogP contribution in [0.2, 0.25) is 0 Å². The summed E-state index contributed by atoms with van der Waals surface area (Å²) in [5, 5.41) is 0. The third-order valence-corrected chi connectivity index (χ3v) is 2.17. The third kappa shape index (κ3) is 3.67. The molecule has 0 saturated carbocycles. The summed E-state index contributed by atoms with van der Waals surface area (Å²) in [5.74, 6) is -0.366. The smallest absolute Gasteiger partial charge is 0.411 e. The highest BCUT2D eigenvalue weighted by Gasteiger charge is 2.12. The third-order valence-electron chi connectivity index (χ3n) is 2.17. The summed E-state index contributed by atoms with van der Waals surface area (Å²) >= 11 is 0. The molecular formula is C13H12BrNO2.